The summed E-state index contributed by atoms with van der Waals surface area (Å²) in [6, 6.07) is 10.7. The van der Waals surface area contributed by atoms with Crippen LogP contribution in [0.25, 0.3) is 0 Å². The number of hydrogen-bond acceptors (Lipinski definition) is 7. The topological polar surface area (TPSA) is 107 Å². The van der Waals surface area contributed by atoms with Crippen molar-refractivity contribution in [2.75, 3.05) is 13.2 Å². The third kappa shape index (κ3) is 13.8. The number of carbonyl (C=O) groups excluding carboxylic acids is 2. The molecule has 0 aliphatic heterocycles. The number of aliphatic hydroxyl groups is 2. The summed E-state index contributed by atoms with van der Waals surface area (Å²) >= 11 is 10.3. The average molecular weight is 655 g/mol. The fourth-order valence-electron chi connectivity index (χ4n) is 2.03. The van der Waals surface area contributed by atoms with Crippen molar-refractivity contribution < 1.29 is 24.4 Å². The van der Waals surface area contributed by atoms with Crippen LogP contribution < -0.4 is 0 Å². The Labute approximate surface area is 215 Å². The molecule has 0 fully saturated rings. The first-order valence-corrected chi connectivity index (χ1v) is 12.6. The summed E-state index contributed by atoms with van der Waals surface area (Å²) in [6.45, 7) is 4.16. The Morgan fingerprint density at radius 2 is 1.52 bits per heavy atom. The van der Waals surface area contributed by atoms with Gasteiger partial charge in [-0.2, -0.15) is 0 Å². The Kier molecular flexibility index (Phi) is 18.1. The normalized spacial score (nSPS) is 9.68. The number of carbonyl (C=O) groups is 2. The van der Waals surface area contributed by atoms with E-state index < -0.39 is 13.2 Å². The van der Waals surface area contributed by atoms with Crippen molar-refractivity contribution in [3.05, 3.63) is 67.6 Å². The summed E-state index contributed by atoms with van der Waals surface area (Å²) in [6.07, 6.45) is 0. The first kappa shape index (κ1) is 30.8. The van der Waals surface area contributed by atoms with E-state index >= 15 is 0 Å². The van der Waals surface area contributed by atoms with Gasteiger partial charge < -0.3 is 10.2 Å². The van der Waals surface area contributed by atoms with Gasteiger partial charge in [0, 0.05) is 25.4 Å². The maximum absolute atomic E-state index is 11.1. The molecule has 2 aromatic rings. The Balaban J connectivity index is 0.000000466. The van der Waals surface area contributed by atoms with Gasteiger partial charge in [-0.1, -0.05) is 47.8 Å². The van der Waals surface area contributed by atoms with Gasteiger partial charge in [0.05, 0.1) is 0 Å². The molecule has 0 aromatic heterocycles. The first-order chi connectivity index (χ1) is 14.7. The molecule has 0 saturated carbocycles. The van der Waals surface area contributed by atoms with Gasteiger partial charge in [-0.3, -0.25) is 9.59 Å². The van der Waals surface area contributed by atoms with Gasteiger partial charge in [0.15, 0.2) is 11.6 Å². The number of aryl methyl sites for hydroxylation is 1. The van der Waals surface area contributed by atoms with E-state index in [1.54, 1.807) is 31.2 Å². The third-order valence-electron chi connectivity index (χ3n) is 3.28. The molecule has 31 heavy (non-hydrogen) atoms. The molecule has 2 aromatic carbocycles. The molecule has 1 radical (unpaired) electrons. The van der Waals surface area contributed by atoms with Crippen molar-refractivity contribution in [2.45, 2.75) is 12.3 Å². The van der Waals surface area contributed by atoms with Crippen LogP contribution in [0.5, 0.6) is 0 Å². The van der Waals surface area contributed by atoms with Crippen molar-refractivity contribution in [3.8, 4) is 0 Å². The minimum atomic E-state index is -0.446. The number of aliphatic hydroxyl groups excluding tert-OH is 2. The number of alkyl halides is 1. The molecule has 0 aliphatic carbocycles. The van der Waals surface area contributed by atoms with E-state index in [2.05, 4.69) is 61.2 Å². The zero-order valence-corrected chi connectivity index (χ0v) is 23.2. The molecule has 13 heteroatoms. The van der Waals surface area contributed by atoms with E-state index in [1.165, 1.54) is 6.96 Å². The van der Waals surface area contributed by atoms with E-state index in [-0.39, 0.29) is 11.6 Å². The fourth-order valence-corrected chi connectivity index (χ4v) is 3.84. The summed E-state index contributed by atoms with van der Waals surface area (Å²) in [7, 11) is 2.33. The Hall–Kier alpha value is -0.190. The Bertz CT molecular complexity index is 867. The summed E-state index contributed by atoms with van der Waals surface area (Å²) in [5.41, 5.74) is 3.09. The molecule has 0 bridgehead atoms. The minimum absolute atomic E-state index is 0.251. The molecule has 0 amide bonds. The van der Waals surface area contributed by atoms with Crippen LogP contribution in [0, 0.1) is 6.92 Å². The van der Waals surface area contributed by atoms with Crippen LogP contribution in [0.1, 0.15) is 31.8 Å². The third-order valence-corrected chi connectivity index (χ3v) is 5.23. The number of Topliss-reactive ketones (excluding diaryl/α,β-unsaturated/α-hetero) is 2. The first-order valence-electron chi connectivity index (χ1n) is 8.50. The molecule has 0 aliphatic rings. The van der Waals surface area contributed by atoms with Crippen LogP contribution in [-0.2, 0) is 5.33 Å². The molecule has 2 rings (SSSR count). The van der Waals surface area contributed by atoms with Crippen molar-refractivity contribution in [1.82, 2.24) is 0 Å². The zero-order chi connectivity index (χ0) is 23.8. The average Bonchev–Trinajstić information content (AvgIpc) is 2.76. The van der Waals surface area contributed by atoms with Gasteiger partial charge in [0.2, 0.25) is 0 Å². The second-order valence-corrected chi connectivity index (χ2v) is 8.84. The van der Waals surface area contributed by atoms with Crippen molar-refractivity contribution in [2.24, 2.45) is 4.30 Å². The van der Waals surface area contributed by atoms with Gasteiger partial charge in [-0.25, -0.2) is 0 Å². The van der Waals surface area contributed by atoms with Crippen LogP contribution in [0.2, 0.25) is 0 Å². The maximum atomic E-state index is 11.1. The molecule has 1 unspecified atom stereocenters. The van der Waals surface area contributed by atoms with Crippen LogP contribution in [0.4, 0.5) is 0 Å². The van der Waals surface area contributed by atoms with E-state index in [1.807, 2.05) is 19.1 Å². The summed E-state index contributed by atoms with van der Waals surface area (Å²) in [5, 5.41) is 18.0. The second kappa shape index (κ2) is 18.3. The van der Waals surface area contributed by atoms with Gasteiger partial charge in [0.25, 0.3) is 0 Å². The SMILES string of the molecule is Cc1cc(Br)cc(C(=O)CO)c1.O=C(CO)c1cc(Br)cc(CBr)c1.OSN=B[B]P. The number of ketones is 2. The predicted octanol–water partition coefficient (Wildman–Crippen LogP) is 4.86. The van der Waals surface area contributed by atoms with Gasteiger partial charge >= 0.3 is 44.1 Å². The Morgan fingerprint density at radius 3 is 1.90 bits per heavy atom. The quantitative estimate of drug-likeness (QED) is 0.0984. The van der Waals surface area contributed by atoms with Crippen LogP contribution in [0.3, 0.4) is 0 Å². The fraction of sp³-hybridized carbons (Fsp3) is 0.222. The molecule has 1 atom stereocenters. The molecule has 165 valence electrons. The number of nitrogens with zero attached hydrogens (tertiary/aromatic N) is 1. The van der Waals surface area contributed by atoms with E-state index in [0.717, 1.165) is 20.1 Å². The molecule has 0 spiro atoms. The summed E-state index contributed by atoms with van der Waals surface area (Å²) in [5.74, 6) is -0.511. The second-order valence-electron chi connectivity index (χ2n) is 5.69. The van der Waals surface area contributed by atoms with Crippen molar-refractivity contribution in [1.29, 1.82) is 0 Å². The molecular formula is C18H20B2Br3NO5PS. The van der Waals surface area contributed by atoms with Crippen LogP contribution >= 0.6 is 69.1 Å². The van der Waals surface area contributed by atoms with E-state index in [9.17, 15) is 9.59 Å². The summed E-state index contributed by atoms with van der Waals surface area (Å²) < 4.78 is 13.0. The van der Waals surface area contributed by atoms with Crippen molar-refractivity contribution in [3.63, 3.8) is 0 Å². The number of hydrogen-bond donors (Lipinski definition) is 3. The summed E-state index contributed by atoms with van der Waals surface area (Å²) in [4.78, 5) is 22.2. The standard InChI is InChI=1S/C9H8Br2O2.C9H9BrO2.B2H3NOPS/c10-4-6-1-7(9(13)5-12)3-8(11)2-6;1-6-2-7(9(12)5-11)4-8(10)3-6;4-6-3-1-2-5/h1-3,12H,4-5H2;2-4,11H,5H2,1H3;4H,5H2. The van der Waals surface area contributed by atoms with E-state index in [0.29, 0.717) is 28.7 Å². The molecular weight excluding hydrogens is 635 g/mol. The van der Waals surface area contributed by atoms with Crippen LogP contribution in [0.15, 0.2) is 49.6 Å². The molecule has 0 heterocycles. The van der Waals surface area contributed by atoms with E-state index in [4.69, 9.17) is 14.8 Å². The van der Waals surface area contributed by atoms with Gasteiger partial charge in [-0.15, -0.1) is 0 Å². The zero-order valence-electron chi connectivity index (χ0n) is 16.5. The molecule has 0 saturated heterocycles. The monoisotopic (exact) mass is 652 g/mol. The number of halogens is 3. The van der Waals surface area contributed by atoms with Gasteiger partial charge in [-0.05, 0) is 54.4 Å². The number of benzene rings is 2. The van der Waals surface area contributed by atoms with Crippen LogP contribution in [-0.4, -0.2) is 53.4 Å². The number of rotatable bonds is 7. The predicted molar refractivity (Wildman–Crippen MR) is 142 cm³/mol. The molecule has 6 nitrogen and oxygen atoms in total. The van der Waals surface area contributed by atoms with Crippen molar-refractivity contribution >= 4 is 94.6 Å². The Morgan fingerprint density at radius 1 is 1.00 bits per heavy atom. The molecule has 3 N–H and O–H groups in total. The van der Waals surface area contributed by atoms with Gasteiger partial charge in [0.1, 0.15) is 13.2 Å².